The molecule has 0 aliphatic carbocycles. The summed E-state index contributed by atoms with van der Waals surface area (Å²) < 4.78 is 0. The summed E-state index contributed by atoms with van der Waals surface area (Å²) in [5.74, 6) is 0.374. The quantitative estimate of drug-likeness (QED) is 0.771. The van der Waals surface area contributed by atoms with Crippen molar-refractivity contribution in [3.8, 4) is 0 Å². The molecule has 2 aromatic heterocycles. The van der Waals surface area contributed by atoms with E-state index in [1.807, 2.05) is 35.4 Å². The SMILES string of the molecule is CC(C)C[C@@H](C)N(C(=O)c1cnccn1)c1ccc2[nH]ccc2c1. The van der Waals surface area contributed by atoms with E-state index < -0.39 is 0 Å². The molecule has 24 heavy (non-hydrogen) atoms. The van der Waals surface area contributed by atoms with E-state index in [-0.39, 0.29) is 11.9 Å². The molecule has 0 aliphatic heterocycles. The maximum Gasteiger partial charge on any atom is 0.278 e. The van der Waals surface area contributed by atoms with Crippen LogP contribution in [0.2, 0.25) is 0 Å². The molecule has 5 heteroatoms. The van der Waals surface area contributed by atoms with Crippen LogP contribution in [0.1, 0.15) is 37.7 Å². The molecule has 5 nitrogen and oxygen atoms in total. The average Bonchev–Trinajstić information content (AvgIpc) is 3.03. The van der Waals surface area contributed by atoms with Crippen molar-refractivity contribution in [1.82, 2.24) is 15.0 Å². The summed E-state index contributed by atoms with van der Waals surface area (Å²) in [6.07, 6.45) is 7.46. The van der Waals surface area contributed by atoms with Crippen LogP contribution in [0.25, 0.3) is 10.9 Å². The maximum absolute atomic E-state index is 13.1. The summed E-state index contributed by atoms with van der Waals surface area (Å²) in [7, 11) is 0. The highest BCUT2D eigenvalue weighted by Crippen LogP contribution is 2.26. The molecule has 0 radical (unpaired) electrons. The highest BCUT2D eigenvalue weighted by molar-refractivity contribution is 6.05. The number of carbonyl (C=O) groups excluding carboxylic acids is 1. The first kappa shape index (κ1) is 16.2. The summed E-state index contributed by atoms with van der Waals surface area (Å²) >= 11 is 0. The smallest absolute Gasteiger partial charge is 0.278 e. The Hall–Kier alpha value is -2.69. The lowest BCUT2D eigenvalue weighted by atomic mass is 10.0. The molecule has 0 spiro atoms. The molecule has 1 atom stereocenters. The fourth-order valence-corrected chi connectivity index (χ4v) is 3.08. The molecule has 0 bridgehead atoms. The Bertz CT molecular complexity index is 826. The predicted octanol–water partition coefficient (Wildman–Crippen LogP) is 4.04. The second-order valence-corrected chi connectivity index (χ2v) is 6.49. The number of H-pyrrole nitrogens is 1. The fraction of sp³-hybridized carbons (Fsp3) is 0.316. The lowest BCUT2D eigenvalue weighted by Crippen LogP contribution is -2.40. The molecule has 0 saturated carbocycles. The largest absolute Gasteiger partial charge is 0.361 e. The summed E-state index contributed by atoms with van der Waals surface area (Å²) in [5, 5.41) is 1.08. The van der Waals surface area contributed by atoms with Crippen LogP contribution in [0.3, 0.4) is 0 Å². The van der Waals surface area contributed by atoms with Crippen molar-refractivity contribution in [3.63, 3.8) is 0 Å². The van der Waals surface area contributed by atoms with E-state index >= 15 is 0 Å². The molecule has 2 heterocycles. The zero-order valence-corrected chi connectivity index (χ0v) is 14.2. The van der Waals surface area contributed by atoms with Gasteiger partial charge in [-0.3, -0.25) is 9.78 Å². The third-order valence-electron chi connectivity index (χ3n) is 4.07. The van der Waals surface area contributed by atoms with E-state index in [0.29, 0.717) is 11.6 Å². The predicted molar refractivity (Wildman–Crippen MR) is 96.1 cm³/mol. The standard InChI is InChI=1S/C19H22N4O/c1-13(2)10-14(3)23(19(24)18-12-20-8-9-22-18)16-4-5-17-15(11-16)6-7-21-17/h4-9,11-14,21H,10H2,1-3H3/t14-/m1/s1. The van der Waals surface area contributed by atoms with Gasteiger partial charge in [-0.1, -0.05) is 13.8 Å². The monoisotopic (exact) mass is 322 g/mol. The topological polar surface area (TPSA) is 61.9 Å². The number of nitrogens with one attached hydrogen (secondary N) is 1. The van der Waals surface area contributed by atoms with Crippen molar-refractivity contribution < 1.29 is 4.79 Å². The number of carbonyl (C=O) groups is 1. The van der Waals surface area contributed by atoms with Crippen LogP contribution in [0.15, 0.2) is 49.1 Å². The lowest BCUT2D eigenvalue weighted by Gasteiger charge is -2.30. The molecule has 3 rings (SSSR count). The van der Waals surface area contributed by atoms with Crippen molar-refractivity contribution in [3.05, 3.63) is 54.7 Å². The van der Waals surface area contributed by atoms with Gasteiger partial charge in [-0.05, 0) is 43.5 Å². The average molecular weight is 322 g/mol. The van der Waals surface area contributed by atoms with Gasteiger partial charge in [-0.25, -0.2) is 4.98 Å². The van der Waals surface area contributed by atoms with Crippen LogP contribution in [-0.4, -0.2) is 26.9 Å². The Morgan fingerprint density at radius 2 is 2.04 bits per heavy atom. The van der Waals surface area contributed by atoms with Crippen molar-refractivity contribution >= 4 is 22.5 Å². The van der Waals surface area contributed by atoms with Gasteiger partial charge in [0.2, 0.25) is 0 Å². The third kappa shape index (κ3) is 3.30. The van der Waals surface area contributed by atoms with Gasteiger partial charge in [0, 0.05) is 41.2 Å². The van der Waals surface area contributed by atoms with Crippen molar-refractivity contribution in [2.75, 3.05) is 4.90 Å². The second kappa shape index (κ2) is 6.83. The number of hydrogen-bond donors (Lipinski definition) is 1. The van der Waals surface area contributed by atoms with E-state index in [1.165, 1.54) is 6.20 Å². The lowest BCUT2D eigenvalue weighted by molar-refractivity contribution is 0.0970. The molecule has 0 saturated heterocycles. The Morgan fingerprint density at radius 1 is 1.21 bits per heavy atom. The van der Waals surface area contributed by atoms with Crippen LogP contribution in [0.5, 0.6) is 0 Å². The molecule has 0 aliphatic rings. The van der Waals surface area contributed by atoms with Crippen molar-refractivity contribution in [1.29, 1.82) is 0 Å². The van der Waals surface area contributed by atoms with Gasteiger partial charge < -0.3 is 9.88 Å². The van der Waals surface area contributed by atoms with Gasteiger partial charge in [0.05, 0.1) is 6.20 Å². The first-order valence-corrected chi connectivity index (χ1v) is 8.23. The number of amides is 1. The zero-order chi connectivity index (χ0) is 17.1. The Morgan fingerprint density at radius 3 is 2.75 bits per heavy atom. The van der Waals surface area contributed by atoms with E-state index in [2.05, 4.69) is 35.7 Å². The normalized spacial score (nSPS) is 12.5. The van der Waals surface area contributed by atoms with Gasteiger partial charge in [0.15, 0.2) is 0 Å². The summed E-state index contributed by atoms with van der Waals surface area (Å²) in [6.45, 7) is 6.41. The number of anilines is 1. The number of benzene rings is 1. The highest BCUT2D eigenvalue weighted by Gasteiger charge is 2.25. The Labute approximate surface area is 141 Å². The van der Waals surface area contributed by atoms with Crippen LogP contribution >= 0.6 is 0 Å². The van der Waals surface area contributed by atoms with Crippen LogP contribution < -0.4 is 4.90 Å². The van der Waals surface area contributed by atoms with Gasteiger partial charge in [0.25, 0.3) is 5.91 Å². The Balaban J connectivity index is 2.02. The molecule has 0 unspecified atom stereocenters. The highest BCUT2D eigenvalue weighted by atomic mass is 16.2. The molecule has 124 valence electrons. The molecule has 3 aromatic rings. The molecular formula is C19H22N4O. The van der Waals surface area contributed by atoms with E-state index in [4.69, 9.17) is 0 Å². The molecule has 0 fully saturated rings. The summed E-state index contributed by atoms with van der Waals surface area (Å²) in [6, 6.07) is 8.09. The van der Waals surface area contributed by atoms with Gasteiger partial charge in [0.1, 0.15) is 5.69 Å². The van der Waals surface area contributed by atoms with E-state index in [1.54, 1.807) is 12.4 Å². The minimum Gasteiger partial charge on any atom is -0.361 e. The first-order chi connectivity index (χ1) is 11.6. The number of nitrogens with zero attached hydrogens (tertiary/aromatic N) is 3. The van der Waals surface area contributed by atoms with E-state index in [0.717, 1.165) is 23.0 Å². The number of fused-ring (bicyclic) bond motifs is 1. The summed E-state index contributed by atoms with van der Waals surface area (Å²) in [5.41, 5.74) is 2.30. The van der Waals surface area contributed by atoms with E-state index in [9.17, 15) is 4.79 Å². The molecule has 1 aromatic carbocycles. The fourth-order valence-electron chi connectivity index (χ4n) is 3.08. The van der Waals surface area contributed by atoms with Crippen LogP contribution in [0.4, 0.5) is 5.69 Å². The minimum absolute atomic E-state index is 0.0656. The molecule has 1 N–H and O–H groups in total. The van der Waals surface area contributed by atoms with Crippen LogP contribution in [0, 0.1) is 5.92 Å². The van der Waals surface area contributed by atoms with Crippen molar-refractivity contribution in [2.24, 2.45) is 5.92 Å². The number of aromatic nitrogens is 3. The zero-order valence-electron chi connectivity index (χ0n) is 14.2. The number of hydrogen-bond acceptors (Lipinski definition) is 3. The first-order valence-electron chi connectivity index (χ1n) is 8.23. The molecular weight excluding hydrogens is 300 g/mol. The second-order valence-electron chi connectivity index (χ2n) is 6.49. The van der Waals surface area contributed by atoms with Gasteiger partial charge in [-0.2, -0.15) is 0 Å². The van der Waals surface area contributed by atoms with Gasteiger partial charge >= 0.3 is 0 Å². The minimum atomic E-state index is -0.119. The maximum atomic E-state index is 13.1. The number of aromatic amines is 1. The molecule has 1 amide bonds. The van der Waals surface area contributed by atoms with Crippen molar-refractivity contribution in [2.45, 2.75) is 33.2 Å². The van der Waals surface area contributed by atoms with Gasteiger partial charge in [-0.15, -0.1) is 0 Å². The summed E-state index contributed by atoms with van der Waals surface area (Å²) in [4.78, 5) is 26.3. The number of rotatable bonds is 5. The third-order valence-corrected chi connectivity index (χ3v) is 4.07. The van der Waals surface area contributed by atoms with Crippen LogP contribution in [-0.2, 0) is 0 Å². The Kier molecular flexibility index (Phi) is 4.60.